The molecule has 1 N–H and O–H groups in total. The number of carbonyl (C=O) groups excluding carboxylic acids is 1. The summed E-state index contributed by atoms with van der Waals surface area (Å²) in [5.41, 5.74) is 2.40. The van der Waals surface area contributed by atoms with E-state index >= 15 is 0 Å². The summed E-state index contributed by atoms with van der Waals surface area (Å²) in [6, 6.07) is 8.02. The average Bonchev–Trinajstić information content (AvgIpc) is 2.89. The number of amides is 1. The van der Waals surface area contributed by atoms with Crippen molar-refractivity contribution in [1.82, 2.24) is 20.3 Å². The van der Waals surface area contributed by atoms with Crippen LogP contribution in [0.4, 0.5) is 0 Å². The molecule has 1 aromatic heterocycles. The second-order valence-corrected chi connectivity index (χ2v) is 4.67. The van der Waals surface area contributed by atoms with Gasteiger partial charge in [0, 0.05) is 6.04 Å². The van der Waals surface area contributed by atoms with Crippen molar-refractivity contribution in [3.63, 3.8) is 0 Å². The van der Waals surface area contributed by atoms with Crippen LogP contribution >= 0.6 is 0 Å². The maximum absolute atomic E-state index is 11.9. The zero-order chi connectivity index (χ0) is 13.8. The fourth-order valence-electron chi connectivity index (χ4n) is 1.59. The average molecular weight is 258 g/mol. The monoisotopic (exact) mass is 258 g/mol. The van der Waals surface area contributed by atoms with Gasteiger partial charge in [0.2, 0.25) is 0 Å². The normalized spacial score (nSPS) is 12.2. The Morgan fingerprint density at radius 3 is 2.68 bits per heavy atom. The minimum Gasteiger partial charge on any atom is -0.348 e. The third kappa shape index (κ3) is 3.19. The van der Waals surface area contributed by atoms with Crippen molar-refractivity contribution in [2.75, 3.05) is 0 Å². The molecule has 5 nitrogen and oxygen atoms in total. The molecular formula is C14H18N4O. The highest BCUT2D eigenvalue weighted by atomic mass is 16.2. The Hall–Kier alpha value is -2.17. The van der Waals surface area contributed by atoms with Crippen LogP contribution in [-0.4, -0.2) is 26.9 Å². The first-order valence-corrected chi connectivity index (χ1v) is 6.40. The van der Waals surface area contributed by atoms with E-state index in [1.54, 1.807) is 10.9 Å². The molecule has 0 radical (unpaired) electrons. The van der Waals surface area contributed by atoms with Gasteiger partial charge in [-0.05, 0) is 32.4 Å². The molecule has 0 unspecified atom stereocenters. The molecule has 0 aliphatic heterocycles. The molecule has 0 fully saturated rings. The molecule has 19 heavy (non-hydrogen) atoms. The van der Waals surface area contributed by atoms with Crippen molar-refractivity contribution >= 4 is 5.91 Å². The molecule has 2 aromatic rings. The predicted octanol–water partition coefficient (Wildman–Crippen LogP) is 2.10. The summed E-state index contributed by atoms with van der Waals surface area (Å²) in [6.45, 7) is 6.01. The number of aryl methyl sites for hydroxylation is 1. The van der Waals surface area contributed by atoms with Crippen molar-refractivity contribution in [2.24, 2.45) is 0 Å². The maximum atomic E-state index is 11.9. The van der Waals surface area contributed by atoms with Crippen LogP contribution in [0.5, 0.6) is 0 Å². The molecule has 100 valence electrons. The molecule has 0 saturated carbocycles. The number of nitrogens with one attached hydrogen (secondary N) is 1. The summed E-state index contributed by atoms with van der Waals surface area (Å²) >= 11 is 0. The van der Waals surface area contributed by atoms with Gasteiger partial charge in [-0.1, -0.05) is 29.8 Å². The Bertz CT molecular complexity index is 559. The van der Waals surface area contributed by atoms with Gasteiger partial charge in [-0.2, -0.15) is 0 Å². The first-order valence-electron chi connectivity index (χ1n) is 6.40. The molecule has 2 rings (SSSR count). The molecule has 0 saturated heterocycles. The number of hydrogen-bond donors (Lipinski definition) is 1. The van der Waals surface area contributed by atoms with Gasteiger partial charge in [-0.3, -0.25) is 4.79 Å². The zero-order valence-corrected chi connectivity index (χ0v) is 11.4. The van der Waals surface area contributed by atoms with Crippen molar-refractivity contribution in [3.05, 3.63) is 41.7 Å². The number of rotatable bonds is 4. The number of carbonyl (C=O) groups is 1. The fraction of sp³-hybridized carbons (Fsp3) is 0.357. The van der Waals surface area contributed by atoms with E-state index in [1.807, 2.05) is 45.0 Å². The van der Waals surface area contributed by atoms with Gasteiger partial charge < -0.3 is 5.32 Å². The van der Waals surface area contributed by atoms with Crippen molar-refractivity contribution in [3.8, 4) is 5.69 Å². The molecule has 1 amide bonds. The number of benzene rings is 1. The zero-order valence-electron chi connectivity index (χ0n) is 11.4. The van der Waals surface area contributed by atoms with E-state index in [0.717, 1.165) is 12.1 Å². The summed E-state index contributed by atoms with van der Waals surface area (Å²) in [7, 11) is 0. The summed E-state index contributed by atoms with van der Waals surface area (Å²) in [4.78, 5) is 11.9. The Labute approximate surface area is 112 Å². The molecule has 0 bridgehead atoms. The minimum atomic E-state index is -0.187. The third-order valence-corrected chi connectivity index (χ3v) is 3.01. The van der Waals surface area contributed by atoms with Crippen LogP contribution in [0.25, 0.3) is 5.69 Å². The second kappa shape index (κ2) is 5.65. The van der Waals surface area contributed by atoms with Gasteiger partial charge in [0.1, 0.15) is 0 Å². The van der Waals surface area contributed by atoms with Crippen molar-refractivity contribution in [1.29, 1.82) is 0 Å². The van der Waals surface area contributed by atoms with Crippen LogP contribution < -0.4 is 5.32 Å². The van der Waals surface area contributed by atoms with E-state index < -0.39 is 0 Å². The lowest BCUT2D eigenvalue weighted by Gasteiger charge is -2.08. The second-order valence-electron chi connectivity index (χ2n) is 4.67. The maximum Gasteiger partial charge on any atom is 0.273 e. The summed E-state index contributed by atoms with van der Waals surface area (Å²) < 4.78 is 1.60. The van der Waals surface area contributed by atoms with Crippen LogP contribution in [0.15, 0.2) is 30.5 Å². The molecule has 0 spiro atoms. The first-order chi connectivity index (χ1) is 9.10. The molecule has 0 aliphatic rings. The summed E-state index contributed by atoms with van der Waals surface area (Å²) in [5.74, 6) is -0.187. The van der Waals surface area contributed by atoms with E-state index in [-0.39, 0.29) is 11.9 Å². The minimum absolute atomic E-state index is 0.136. The van der Waals surface area contributed by atoms with Gasteiger partial charge in [0.25, 0.3) is 5.91 Å². The Kier molecular flexibility index (Phi) is 3.94. The van der Waals surface area contributed by atoms with Gasteiger partial charge >= 0.3 is 0 Å². The Morgan fingerprint density at radius 1 is 1.37 bits per heavy atom. The standard InChI is InChI=1S/C14H18N4O/c1-4-11(3)15-14(19)13-9-18(17-16-13)12-7-5-10(2)6-8-12/h5-9,11H,4H2,1-3H3,(H,15,19)/t11-/m0/s1. The summed E-state index contributed by atoms with van der Waals surface area (Å²) in [5, 5.41) is 10.7. The fourth-order valence-corrected chi connectivity index (χ4v) is 1.59. The van der Waals surface area contributed by atoms with E-state index in [4.69, 9.17) is 0 Å². The Morgan fingerprint density at radius 2 is 2.05 bits per heavy atom. The van der Waals surface area contributed by atoms with E-state index in [1.165, 1.54) is 5.56 Å². The summed E-state index contributed by atoms with van der Waals surface area (Å²) in [6.07, 6.45) is 2.53. The van der Waals surface area contributed by atoms with Gasteiger partial charge in [0.15, 0.2) is 5.69 Å². The highest BCUT2D eigenvalue weighted by Crippen LogP contribution is 2.08. The van der Waals surface area contributed by atoms with Gasteiger partial charge in [-0.15, -0.1) is 5.10 Å². The lowest BCUT2D eigenvalue weighted by Crippen LogP contribution is -2.32. The molecule has 1 heterocycles. The van der Waals surface area contributed by atoms with E-state index in [9.17, 15) is 4.79 Å². The van der Waals surface area contributed by atoms with Crippen LogP contribution in [0.3, 0.4) is 0 Å². The van der Waals surface area contributed by atoms with Crippen LogP contribution in [0.1, 0.15) is 36.3 Å². The van der Waals surface area contributed by atoms with Crippen LogP contribution in [0, 0.1) is 6.92 Å². The largest absolute Gasteiger partial charge is 0.348 e. The van der Waals surface area contributed by atoms with E-state index in [0.29, 0.717) is 5.69 Å². The first kappa shape index (κ1) is 13.3. The Balaban J connectivity index is 2.15. The molecule has 1 atom stereocenters. The topological polar surface area (TPSA) is 59.8 Å². The number of hydrogen-bond acceptors (Lipinski definition) is 3. The lowest BCUT2D eigenvalue weighted by molar-refractivity contribution is 0.0934. The van der Waals surface area contributed by atoms with Crippen LogP contribution in [-0.2, 0) is 0 Å². The molecule has 0 aliphatic carbocycles. The highest BCUT2D eigenvalue weighted by molar-refractivity contribution is 5.92. The number of aromatic nitrogens is 3. The third-order valence-electron chi connectivity index (χ3n) is 3.01. The lowest BCUT2D eigenvalue weighted by atomic mass is 10.2. The van der Waals surface area contributed by atoms with Gasteiger partial charge in [-0.25, -0.2) is 4.68 Å². The smallest absolute Gasteiger partial charge is 0.273 e. The highest BCUT2D eigenvalue weighted by Gasteiger charge is 2.13. The van der Waals surface area contributed by atoms with Crippen molar-refractivity contribution < 1.29 is 4.79 Å². The van der Waals surface area contributed by atoms with Gasteiger partial charge in [0.05, 0.1) is 11.9 Å². The van der Waals surface area contributed by atoms with E-state index in [2.05, 4.69) is 15.6 Å². The number of nitrogens with zero attached hydrogens (tertiary/aromatic N) is 3. The van der Waals surface area contributed by atoms with Crippen molar-refractivity contribution in [2.45, 2.75) is 33.2 Å². The molecular weight excluding hydrogens is 240 g/mol. The molecule has 5 heteroatoms. The SMILES string of the molecule is CC[C@H](C)NC(=O)c1cn(-c2ccc(C)cc2)nn1. The molecule has 1 aromatic carbocycles. The van der Waals surface area contributed by atoms with Crippen LogP contribution in [0.2, 0.25) is 0 Å². The predicted molar refractivity (Wildman–Crippen MR) is 73.3 cm³/mol. The quantitative estimate of drug-likeness (QED) is 0.913.